The number of rotatable bonds is 10. The molecule has 6 rings (SSSR count). The van der Waals surface area contributed by atoms with Crippen molar-refractivity contribution in [3.05, 3.63) is 57.3 Å². The van der Waals surface area contributed by atoms with Crippen molar-refractivity contribution >= 4 is 27.7 Å². The van der Waals surface area contributed by atoms with Gasteiger partial charge in [-0.25, -0.2) is 9.97 Å². The Hall–Kier alpha value is -2.94. The molecular formula is C30H37BrN4O4. The van der Waals surface area contributed by atoms with Crippen LogP contribution < -0.4 is 20.5 Å². The Morgan fingerprint density at radius 2 is 1.90 bits per heavy atom. The van der Waals surface area contributed by atoms with Crippen molar-refractivity contribution < 1.29 is 19.1 Å². The van der Waals surface area contributed by atoms with Gasteiger partial charge in [0.05, 0.1) is 24.5 Å². The van der Waals surface area contributed by atoms with Crippen molar-refractivity contribution in [2.24, 2.45) is 17.6 Å². The fraction of sp³-hybridized carbons (Fsp3) is 0.533. The average molecular weight is 598 g/mol. The highest BCUT2D eigenvalue weighted by atomic mass is 79.9. The van der Waals surface area contributed by atoms with Crippen LogP contribution in [0.1, 0.15) is 80.9 Å². The van der Waals surface area contributed by atoms with E-state index in [1.165, 1.54) is 0 Å². The summed E-state index contributed by atoms with van der Waals surface area (Å²) in [5, 5.41) is 3.10. The number of carbonyl (C=O) groups excluding carboxylic acids is 2. The van der Waals surface area contributed by atoms with Gasteiger partial charge in [-0.2, -0.15) is 0 Å². The number of halogens is 1. The summed E-state index contributed by atoms with van der Waals surface area (Å²) in [5.41, 5.74) is 8.26. The lowest BCUT2D eigenvalue weighted by molar-refractivity contribution is -0.124. The van der Waals surface area contributed by atoms with Crippen LogP contribution in [0.4, 0.5) is 0 Å². The maximum atomic E-state index is 13.8. The molecule has 0 saturated heterocycles. The van der Waals surface area contributed by atoms with Crippen LogP contribution >= 0.6 is 15.9 Å². The lowest BCUT2D eigenvalue weighted by atomic mass is 9.43. The summed E-state index contributed by atoms with van der Waals surface area (Å²) in [4.78, 5) is 36.0. The second-order valence-corrected chi connectivity index (χ2v) is 12.3. The monoisotopic (exact) mass is 596 g/mol. The first kappa shape index (κ1) is 27.6. The Balaban J connectivity index is 1.37. The molecule has 2 bridgehead atoms. The molecule has 39 heavy (non-hydrogen) atoms. The molecular weight excluding hydrogens is 560 g/mol. The van der Waals surface area contributed by atoms with Gasteiger partial charge in [-0.3, -0.25) is 9.59 Å². The zero-order chi connectivity index (χ0) is 27.8. The van der Waals surface area contributed by atoms with Crippen LogP contribution in [0.15, 0.2) is 40.5 Å². The summed E-state index contributed by atoms with van der Waals surface area (Å²) < 4.78 is 12.3. The number of primary amides is 1. The second kappa shape index (κ2) is 10.9. The third kappa shape index (κ3) is 5.42. The molecule has 3 fully saturated rings. The summed E-state index contributed by atoms with van der Waals surface area (Å²) in [6, 6.07) is 5.54. The van der Waals surface area contributed by atoms with Crippen molar-refractivity contribution in [2.75, 3.05) is 13.2 Å². The normalized spacial score (nSPS) is 27.3. The van der Waals surface area contributed by atoms with Gasteiger partial charge in [0, 0.05) is 27.7 Å². The highest BCUT2D eigenvalue weighted by Gasteiger charge is 2.59. The van der Waals surface area contributed by atoms with Crippen LogP contribution in [0, 0.1) is 11.8 Å². The fourth-order valence-corrected chi connectivity index (χ4v) is 6.91. The molecule has 3 N–H and O–H groups in total. The number of carbonyl (C=O) groups is 2. The molecule has 4 aliphatic rings. The van der Waals surface area contributed by atoms with E-state index < -0.39 is 11.4 Å². The SMILES string of the molecule is CCOc1ccc(C(=O)N[C@]2(C(N)=O)CCC(Cc3cc(Br)cnc3OCC)=C[C@@H](C)C2)c(C23CC(C2)C3)n1. The van der Waals surface area contributed by atoms with Crippen molar-refractivity contribution in [1.82, 2.24) is 15.3 Å². The zero-order valence-electron chi connectivity index (χ0n) is 22.9. The maximum Gasteiger partial charge on any atom is 0.254 e. The van der Waals surface area contributed by atoms with E-state index in [1.54, 1.807) is 18.3 Å². The fourth-order valence-electron chi connectivity index (χ4n) is 6.53. The predicted octanol–water partition coefficient (Wildman–Crippen LogP) is 5.03. The van der Waals surface area contributed by atoms with E-state index >= 15 is 0 Å². The van der Waals surface area contributed by atoms with Gasteiger partial charge >= 0.3 is 0 Å². The van der Waals surface area contributed by atoms with Crippen molar-refractivity contribution in [3.63, 3.8) is 0 Å². The number of aromatic nitrogens is 2. The van der Waals surface area contributed by atoms with Gasteiger partial charge < -0.3 is 20.5 Å². The lowest BCUT2D eigenvalue weighted by Gasteiger charge is -2.61. The number of nitrogens with zero attached hydrogens (tertiary/aromatic N) is 2. The van der Waals surface area contributed by atoms with Gasteiger partial charge in [-0.1, -0.05) is 18.6 Å². The van der Waals surface area contributed by atoms with Gasteiger partial charge in [0.2, 0.25) is 17.7 Å². The molecule has 4 aliphatic carbocycles. The third-order valence-electron chi connectivity index (χ3n) is 8.43. The highest BCUT2D eigenvalue weighted by Crippen LogP contribution is 2.65. The quantitative estimate of drug-likeness (QED) is 0.371. The maximum absolute atomic E-state index is 13.8. The van der Waals surface area contributed by atoms with E-state index in [0.29, 0.717) is 56.2 Å². The largest absolute Gasteiger partial charge is 0.478 e. The molecule has 0 spiro atoms. The average Bonchev–Trinajstić information content (AvgIpc) is 2.98. The van der Waals surface area contributed by atoms with E-state index in [4.69, 9.17) is 20.2 Å². The minimum Gasteiger partial charge on any atom is -0.478 e. The minimum atomic E-state index is -1.16. The number of nitrogens with one attached hydrogen (secondary N) is 1. The molecule has 8 nitrogen and oxygen atoms in total. The number of allylic oxidation sites excluding steroid dienone is 2. The number of ether oxygens (including phenoxy) is 2. The molecule has 9 heteroatoms. The zero-order valence-corrected chi connectivity index (χ0v) is 24.5. The molecule has 2 amide bonds. The van der Waals surface area contributed by atoms with Gasteiger partial charge in [0.25, 0.3) is 5.91 Å². The molecule has 2 aromatic rings. The number of pyridine rings is 2. The number of hydrogen-bond acceptors (Lipinski definition) is 6. The Morgan fingerprint density at radius 3 is 2.54 bits per heavy atom. The number of amides is 2. The van der Waals surface area contributed by atoms with E-state index in [-0.39, 0.29) is 17.2 Å². The molecule has 0 aromatic carbocycles. The summed E-state index contributed by atoms with van der Waals surface area (Å²) in [7, 11) is 0. The first-order valence-corrected chi connectivity index (χ1v) is 14.7. The smallest absolute Gasteiger partial charge is 0.254 e. The van der Waals surface area contributed by atoms with Crippen LogP contribution in [-0.2, 0) is 16.6 Å². The number of nitrogens with two attached hydrogens (primary N) is 1. The molecule has 2 heterocycles. The van der Waals surface area contributed by atoms with Crippen molar-refractivity contribution in [1.29, 1.82) is 0 Å². The van der Waals surface area contributed by atoms with Crippen molar-refractivity contribution in [2.45, 2.75) is 76.7 Å². The topological polar surface area (TPSA) is 116 Å². The van der Waals surface area contributed by atoms with Gasteiger partial charge in [0.1, 0.15) is 5.54 Å². The Kier molecular flexibility index (Phi) is 7.73. The molecule has 2 aromatic heterocycles. The van der Waals surface area contributed by atoms with Crippen LogP contribution in [-0.4, -0.2) is 40.5 Å². The van der Waals surface area contributed by atoms with E-state index in [0.717, 1.165) is 46.5 Å². The van der Waals surface area contributed by atoms with Crippen molar-refractivity contribution in [3.8, 4) is 11.8 Å². The second-order valence-electron chi connectivity index (χ2n) is 11.4. The minimum absolute atomic E-state index is 0.0292. The van der Waals surface area contributed by atoms with Crippen LogP contribution in [0.5, 0.6) is 11.8 Å². The van der Waals surface area contributed by atoms with Gasteiger partial charge in [0.15, 0.2) is 0 Å². The first-order chi connectivity index (χ1) is 18.7. The summed E-state index contributed by atoms with van der Waals surface area (Å²) in [6.07, 6.45) is 9.18. The summed E-state index contributed by atoms with van der Waals surface area (Å²) in [6.45, 7) is 6.94. The molecule has 0 radical (unpaired) electrons. The summed E-state index contributed by atoms with van der Waals surface area (Å²) >= 11 is 3.51. The van der Waals surface area contributed by atoms with Gasteiger partial charge in [-0.15, -0.1) is 0 Å². The molecule has 3 saturated carbocycles. The van der Waals surface area contributed by atoms with Gasteiger partial charge in [-0.05, 0) is 98.7 Å². The van der Waals surface area contributed by atoms with Crippen LogP contribution in [0.3, 0.4) is 0 Å². The molecule has 0 aliphatic heterocycles. The van der Waals surface area contributed by atoms with Crippen LogP contribution in [0.25, 0.3) is 0 Å². The van der Waals surface area contributed by atoms with E-state index in [2.05, 4.69) is 39.2 Å². The Morgan fingerprint density at radius 1 is 1.15 bits per heavy atom. The van der Waals surface area contributed by atoms with Crippen LogP contribution in [0.2, 0.25) is 0 Å². The highest BCUT2D eigenvalue weighted by molar-refractivity contribution is 9.10. The molecule has 2 atom stereocenters. The summed E-state index contributed by atoms with van der Waals surface area (Å²) in [5.74, 6) is 1.09. The first-order valence-electron chi connectivity index (χ1n) is 13.9. The molecule has 0 unspecified atom stereocenters. The number of hydrogen-bond donors (Lipinski definition) is 2. The van der Waals surface area contributed by atoms with E-state index in [9.17, 15) is 9.59 Å². The lowest BCUT2D eigenvalue weighted by Crippen LogP contribution is -2.59. The Labute approximate surface area is 238 Å². The molecule has 208 valence electrons. The predicted molar refractivity (Wildman–Crippen MR) is 152 cm³/mol. The standard InChI is InChI=1S/C30H37BrN4O4/c1-4-38-24-7-6-23(25(34-24)29-14-20(15-29)16-29)26(36)35-30(28(32)37)9-8-19(10-18(3)13-30)11-21-12-22(31)17-33-27(21)39-5-2/h6-7,10,12,17-18,20H,4-5,8-9,11,13-16H2,1-3H3,(H2,32,37)(H,35,36)/t18-,20?,29?,30-/m1/s1. The third-order valence-corrected chi connectivity index (χ3v) is 8.86. The Bertz CT molecular complexity index is 1290. The van der Waals surface area contributed by atoms with E-state index in [1.807, 2.05) is 19.9 Å².